The summed E-state index contributed by atoms with van der Waals surface area (Å²) in [6.07, 6.45) is 0.0305. The van der Waals surface area contributed by atoms with Crippen LogP contribution in [-0.2, 0) is 14.3 Å². The second-order valence-electron chi connectivity index (χ2n) is 8.02. The van der Waals surface area contributed by atoms with Gasteiger partial charge in [0.15, 0.2) is 0 Å². The van der Waals surface area contributed by atoms with Crippen LogP contribution in [0.5, 0.6) is 5.75 Å². The van der Waals surface area contributed by atoms with Gasteiger partial charge in [-0.05, 0) is 62.6 Å². The Morgan fingerprint density at radius 2 is 1.74 bits per heavy atom. The number of aryl methyl sites for hydroxylation is 2. The average molecular weight is 424 g/mol. The summed E-state index contributed by atoms with van der Waals surface area (Å²) in [5.41, 5.74) is 3.38. The number of aliphatic hydroxyl groups is 1. The number of amides is 1. The lowest BCUT2D eigenvalue weighted by atomic mass is 9.94. The predicted molar refractivity (Wildman–Crippen MR) is 119 cm³/mol. The zero-order valence-electron chi connectivity index (χ0n) is 18.6. The minimum Gasteiger partial charge on any atom is -0.507 e. The third-order valence-electron chi connectivity index (χ3n) is 5.42. The molecule has 1 unspecified atom stereocenters. The molecule has 3 rings (SSSR count). The van der Waals surface area contributed by atoms with Gasteiger partial charge < -0.3 is 19.5 Å². The number of methoxy groups -OCH3 is 1. The van der Waals surface area contributed by atoms with E-state index in [1.807, 2.05) is 64.1 Å². The van der Waals surface area contributed by atoms with E-state index in [4.69, 9.17) is 9.47 Å². The summed E-state index contributed by atoms with van der Waals surface area (Å²) >= 11 is 0. The maximum atomic E-state index is 13.0. The Kier molecular flexibility index (Phi) is 6.81. The van der Waals surface area contributed by atoms with Crippen molar-refractivity contribution < 1.29 is 24.2 Å². The lowest BCUT2D eigenvalue weighted by molar-refractivity contribution is -0.140. The van der Waals surface area contributed by atoms with Crippen molar-refractivity contribution in [3.05, 3.63) is 70.3 Å². The largest absolute Gasteiger partial charge is 0.507 e. The van der Waals surface area contributed by atoms with Crippen molar-refractivity contribution in [2.75, 3.05) is 20.3 Å². The molecule has 0 aliphatic carbocycles. The smallest absolute Gasteiger partial charge is 0.295 e. The highest BCUT2D eigenvalue weighted by Gasteiger charge is 2.45. The standard InChI is InChI=1S/C25H29NO5/c1-15(2)31-20-10-8-18(9-11-20)22-21(24(28)25(29)26(22)12-13-30-5)23(27)19-7-6-16(3)17(4)14-19/h6-11,14-15,22,27H,12-13H2,1-5H3/b23-21-. The number of ketones is 1. The topological polar surface area (TPSA) is 76.1 Å². The summed E-state index contributed by atoms with van der Waals surface area (Å²) in [4.78, 5) is 27.2. The Morgan fingerprint density at radius 1 is 1.06 bits per heavy atom. The molecule has 0 spiro atoms. The lowest BCUT2D eigenvalue weighted by Gasteiger charge is -2.25. The first kappa shape index (κ1) is 22.6. The van der Waals surface area contributed by atoms with Crippen LogP contribution in [0.3, 0.4) is 0 Å². The Balaban J connectivity index is 2.11. The van der Waals surface area contributed by atoms with Gasteiger partial charge in [-0.25, -0.2) is 0 Å². The molecule has 1 N–H and O–H groups in total. The highest BCUT2D eigenvalue weighted by atomic mass is 16.5. The van der Waals surface area contributed by atoms with Crippen molar-refractivity contribution in [2.24, 2.45) is 0 Å². The number of aliphatic hydroxyl groups excluding tert-OH is 1. The molecule has 1 fully saturated rings. The Hall–Kier alpha value is -3.12. The van der Waals surface area contributed by atoms with E-state index in [1.165, 1.54) is 4.90 Å². The lowest BCUT2D eigenvalue weighted by Crippen LogP contribution is -2.32. The summed E-state index contributed by atoms with van der Waals surface area (Å²) in [7, 11) is 1.54. The van der Waals surface area contributed by atoms with Crippen molar-refractivity contribution in [1.29, 1.82) is 0 Å². The molecule has 6 heteroatoms. The van der Waals surface area contributed by atoms with Gasteiger partial charge in [0, 0.05) is 19.2 Å². The van der Waals surface area contributed by atoms with E-state index in [0.717, 1.165) is 16.7 Å². The fourth-order valence-corrected chi connectivity index (χ4v) is 3.69. The summed E-state index contributed by atoms with van der Waals surface area (Å²) < 4.78 is 10.8. The minimum absolute atomic E-state index is 0.0305. The van der Waals surface area contributed by atoms with Gasteiger partial charge >= 0.3 is 0 Å². The molecule has 1 atom stereocenters. The van der Waals surface area contributed by atoms with Gasteiger partial charge in [0.05, 0.1) is 24.3 Å². The number of hydrogen-bond donors (Lipinski definition) is 1. The Labute approximate surface area is 183 Å². The molecule has 2 aromatic rings. The van der Waals surface area contributed by atoms with Crippen molar-refractivity contribution in [3.63, 3.8) is 0 Å². The zero-order valence-corrected chi connectivity index (χ0v) is 18.6. The number of benzene rings is 2. The second-order valence-corrected chi connectivity index (χ2v) is 8.02. The second kappa shape index (κ2) is 9.35. The third-order valence-corrected chi connectivity index (χ3v) is 5.42. The molecule has 1 aliphatic heterocycles. The van der Waals surface area contributed by atoms with E-state index in [1.54, 1.807) is 13.2 Å². The van der Waals surface area contributed by atoms with Crippen molar-refractivity contribution in [2.45, 2.75) is 39.8 Å². The first-order valence-electron chi connectivity index (χ1n) is 10.4. The summed E-state index contributed by atoms with van der Waals surface area (Å²) in [6.45, 7) is 8.31. The van der Waals surface area contributed by atoms with Crippen LogP contribution in [0.4, 0.5) is 0 Å². The molecule has 0 saturated carbocycles. The number of rotatable bonds is 7. The van der Waals surface area contributed by atoms with E-state index in [0.29, 0.717) is 11.3 Å². The van der Waals surface area contributed by atoms with Crippen LogP contribution in [-0.4, -0.2) is 48.1 Å². The fourth-order valence-electron chi connectivity index (χ4n) is 3.69. The maximum Gasteiger partial charge on any atom is 0.295 e. The summed E-state index contributed by atoms with van der Waals surface area (Å²) in [5, 5.41) is 11.1. The van der Waals surface area contributed by atoms with Gasteiger partial charge in [0.1, 0.15) is 11.5 Å². The highest BCUT2D eigenvalue weighted by Crippen LogP contribution is 2.39. The SMILES string of the molecule is COCCN1C(=O)C(=O)/C(=C(\O)c2ccc(C)c(C)c2)C1c1ccc(OC(C)C)cc1. The molecule has 0 bridgehead atoms. The molecule has 1 amide bonds. The molecular weight excluding hydrogens is 394 g/mol. The number of hydrogen-bond acceptors (Lipinski definition) is 5. The highest BCUT2D eigenvalue weighted by molar-refractivity contribution is 6.46. The summed E-state index contributed by atoms with van der Waals surface area (Å²) in [6, 6.07) is 12.0. The quantitative estimate of drug-likeness (QED) is 0.411. The van der Waals surface area contributed by atoms with Crippen LogP contribution >= 0.6 is 0 Å². The zero-order chi connectivity index (χ0) is 22.7. The van der Waals surface area contributed by atoms with Crippen molar-refractivity contribution in [1.82, 2.24) is 4.90 Å². The molecule has 6 nitrogen and oxygen atoms in total. The van der Waals surface area contributed by atoms with E-state index in [2.05, 4.69) is 0 Å². The van der Waals surface area contributed by atoms with Crippen LogP contribution in [0.1, 0.15) is 42.1 Å². The number of likely N-dealkylation sites (tertiary alicyclic amines) is 1. The van der Waals surface area contributed by atoms with Gasteiger partial charge in [0.25, 0.3) is 11.7 Å². The molecular formula is C25H29NO5. The third kappa shape index (κ3) is 4.64. The number of Topliss-reactive ketones (excluding diaryl/α,β-unsaturated/α-hetero) is 1. The Morgan fingerprint density at radius 3 is 2.32 bits per heavy atom. The van der Waals surface area contributed by atoms with E-state index in [9.17, 15) is 14.7 Å². The molecule has 0 aromatic heterocycles. The number of nitrogens with zero attached hydrogens (tertiary/aromatic N) is 1. The van der Waals surface area contributed by atoms with Crippen LogP contribution in [0.15, 0.2) is 48.0 Å². The van der Waals surface area contributed by atoms with Gasteiger partial charge in [0.2, 0.25) is 0 Å². The minimum atomic E-state index is -0.704. The van der Waals surface area contributed by atoms with Crippen LogP contribution in [0, 0.1) is 13.8 Å². The van der Waals surface area contributed by atoms with E-state index < -0.39 is 17.7 Å². The normalized spacial score (nSPS) is 18.1. The Bertz CT molecular complexity index is 1010. The number of carbonyl (C=O) groups is 2. The monoisotopic (exact) mass is 423 g/mol. The van der Waals surface area contributed by atoms with Gasteiger partial charge in [-0.15, -0.1) is 0 Å². The van der Waals surface area contributed by atoms with Gasteiger partial charge in [-0.1, -0.05) is 24.3 Å². The van der Waals surface area contributed by atoms with Crippen molar-refractivity contribution >= 4 is 17.4 Å². The maximum absolute atomic E-state index is 13.0. The van der Waals surface area contributed by atoms with Gasteiger partial charge in [-0.2, -0.15) is 0 Å². The molecule has 1 aliphatic rings. The average Bonchev–Trinajstić information content (AvgIpc) is 2.98. The van der Waals surface area contributed by atoms with E-state index >= 15 is 0 Å². The molecule has 1 heterocycles. The van der Waals surface area contributed by atoms with E-state index in [-0.39, 0.29) is 30.6 Å². The molecule has 0 radical (unpaired) electrons. The van der Waals surface area contributed by atoms with Crippen molar-refractivity contribution in [3.8, 4) is 5.75 Å². The molecule has 2 aromatic carbocycles. The molecule has 164 valence electrons. The fraction of sp³-hybridized carbons (Fsp3) is 0.360. The predicted octanol–water partition coefficient (Wildman–Crippen LogP) is 4.16. The first-order chi connectivity index (χ1) is 14.7. The molecule has 31 heavy (non-hydrogen) atoms. The number of carbonyl (C=O) groups excluding carboxylic acids is 2. The van der Waals surface area contributed by atoms with Crippen LogP contribution < -0.4 is 4.74 Å². The number of ether oxygens (including phenoxy) is 2. The van der Waals surface area contributed by atoms with Gasteiger partial charge in [-0.3, -0.25) is 9.59 Å². The van der Waals surface area contributed by atoms with Crippen LogP contribution in [0.2, 0.25) is 0 Å². The van der Waals surface area contributed by atoms with Crippen LogP contribution in [0.25, 0.3) is 5.76 Å². The first-order valence-corrected chi connectivity index (χ1v) is 10.4. The molecule has 1 saturated heterocycles. The summed E-state index contributed by atoms with van der Waals surface area (Å²) in [5.74, 6) is -0.815.